The molecule has 0 saturated carbocycles. The number of oxazole rings is 1. The lowest BCUT2D eigenvalue weighted by Crippen LogP contribution is -2.28. The SMILES string of the molecule is Cc1ccc2oc(CCC(=O)NCCOc3ccc(F)cc3)nc2c1. The third-order valence-electron chi connectivity index (χ3n) is 3.66. The zero-order valence-electron chi connectivity index (χ0n) is 13.9. The topological polar surface area (TPSA) is 64.4 Å². The summed E-state index contributed by atoms with van der Waals surface area (Å²) in [5.74, 6) is 0.715. The van der Waals surface area contributed by atoms with Gasteiger partial charge >= 0.3 is 0 Å². The number of nitrogens with one attached hydrogen (secondary N) is 1. The smallest absolute Gasteiger partial charge is 0.220 e. The summed E-state index contributed by atoms with van der Waals surface area (Å²) in [5.41, 5.74) is 2.66. The maximum atomic E-state index is 12.8. The van der Waals surface area contributed by atoms with Gasteiger partial charge in [-0.15, -0.1) is 0 Å². The molecule has 130 valence electrons. The molecule has 1 amide bonds. The summed E-state index contributed by atoms with van der Waals surface area (Å²) < 4.78 is 23.8. The second-order valence-electron chi connectivity index (χ2n) is 5.73. The van der Waals surface area contributed by atoms with Crippen LogP contribution in [0.15, 0.2) is 46.9 Å². The lowest BCUT2D eigenvalue weighted by molar-refractivity contribution is -0.121. The first-order valence-electron chi connectivity index (χ1n) is 8.11. The fraction of sp³-hybridized carbons (Fsp3) is 0.263. The number of aromatic nitrogens is 1. The number of nitrogens with zero attached hydrogens (tertiary/aromatic N) is 1. The largest absolute Gasteiger partial charge is 0.492 e. The van der Waals surface area contributed by atoms with Crippen molar-refractivity contribution >= 4 is 17.0 Å². The molecule has 0 bridgehead atoms. The molecule has 6 heteroatoms. The molecule has 0 aliphatic rings. The number of benzene rings is 2. The maximum absolute atomic E-state index is 12.8. The molecule has 3 rings (SSSR count). The normalized spacial score (nSPS) is 10.8. The van der Waals surface area contributed by atoms with E-state index >= 15 is 0 Å². The van der Waals surface area contributed by atoms with Crippen LogP contribution in [0.5, 0.6) is 5.75 Å². The molecule has 0 atom stereocenters. The van der Waals surface area contributed by atoms with Gasteiger partial charge in [0.15, 0.2) is 11.5 Å². The number of ether oxygens (including phenoxy) is 1. The first-order valence-corrected chi connectivity index (χ1v) is 8.11. The highest BCUT2D eigenvalue weighted by atomic mass is 19.1. The molecule has 0 spiro atoms. The van der Waals surface area contributed by atoms with Gasteiger partial charge in [-0.3, -0.25) is 4.79 Å². The summed E-state index contributed by atoms with van der Waals surface area (Å²) in [6, 6.07) is 11.6. The Morgan fingerprint density at radius 2 is 2.04 bits per heavy atom. The molecule has 5 nitrogen and oxygen atoms in total. The minimum Gasteiger partial charge on any atom is -0.492 e. The molecular formula is C19H19FN2O3. The van der Waals surface area contributed by atoms with Crippen LogP contribution < -0.4 is 10.1 Å². The van der Waals surface area contributed by atoms with Crippen LogP contribution in [-0.2, 0) is 11.2 Å². The van der Waals surface area contributed by atoms with E-state index in [4.69, 9.17) is 9.15 Å². The van der Waals surface area contributed by atoms with E-state index in [2.05, 4.69) is 10.3 Å². The van der Waals surface area contributed by atoms with E-state index in [1.54, 1.807) is 12.1 Å². The summed E-state index contributed by atoms with van der Waals surface area (Å²) in [4.78, 5) is 16.2. The summed E-state index contributed by atoms with van der Waals surface area (Å²) in [6.45, 7) is 2.69. The molecule has 1 N–H and O–H groups in total. The first-order chi connectivity index (χ1) is 12.1. The number of hydrogen-bond acceptors (Lipinski definition) is 4. The molecule has 0 fully saturated rings. The van der Waals surface area contributed by atoms with Gasteiger partial charge in [-0.05, 0) is 48.9 Å². The predicted molar refractivity (Wildman–Crippen MR) is 92.0 cm³/mol. The average molecular weight is 342 g/mol. The van der Waals surface area contributed by atoms with Crippen LogP contribution >= 0.6 is 0 Å². The molecule has 2 aromatic carbocycles. The van der Waals surface area contributed by atoms with Crippen molar-refractivity contribution < 1.29 is 18.3 Å². The van der Waals surface area contributed by atoms with Crippen molar-refractivity contribution in [2.75, 3.05) is 13.2 Å². The zero-order chi connectivity index (χ0) is 17.6. The molecule has 0 aliphatic carbocycles. The average Bonchev–Trinajstić information content (AvgIpc) is 3.00. The van der Waals surface area contributed by atoms with Crippen LogP contribution in [0.3, 0.4) is 0 Å². The molecule has 0 aliphatic heterocycles. The van der Waals surface area contributed by atoms with Gasteiger partial charge in [0, 0.05) is 12.8 Å². The number of fused-ring (bicyclic) bond motifs is 1. The van der Waals surface area contributed by atoms with E-state index in [0.29, 0.717) is 37.6 Å². The highest BCUT2D eigenvalue weighted by molar-refractivity contribution is 5.76. The lowest BCUT2D eigenvalue weighted by atomic mass is 10.2. The molecule has 1 heterocycles. The number of aryl methyl sites for hydroxylation is 2. The van der Waals surface area contributed by atoms with Crippen molar-refractivity contribution in [1.82, 2.24) is 10.3 Å². The Labute approximate surface area is 144 Å². The van der Waals surface area contributed by atoms with Gasteiger partial charge in [-0.25, -0.2) is 9.37 Å². The molecule has 3 aromatic rings. The van der Waals surface area contributed by atoms with E-state index in [0.717, 1.165) is 16.7 Å². The minimum absolute atomic E-state index is 0.0962. The first kappa shape index (κ1) is 17.0. The molecule has 1 aromatic heterocycles. The molecular weight excluding hydrogens is 323 g/mol. The fourth-order valence-electron chi connectivity index (χ4n) is 2.39. The van der Waals surface area contributed by atoms with Crippen LogP contribution in [0.25, 0.3) is 11.1 Å². The minimum atomic E-state index is -0.310. The van der Waals surface area contributed by atoms with Crippen LogP contribution in [-0.4, -0.2) is 24.0 Å². The second-order valence-corrected chi connectivity index (χ2v) is 5.73. The molecule has 25 heavy (non-hydrogen) atoms. The standard InChI is InChI=1S/C19H19FN2O3/c1-13-2-7-17-16(12-13)22-19(25-17)9-8-18(23)21-10-11-24-15-5-3-14(20)4-6-15/h2-7,12H,8-11H2,1H3,(H,21,23). The summed E-state index contributed by atoms with van der Waals surface area (Å²) in [6.07, 6.45) is 0.737. The summed E-state index contributed by atoms with van der Waals surface area (Å²) in [7, 11) is 0. The van der Waals surface area contributed by atoms with Crippen molar-refractivity contribution in [3.8, 4) is 5.75 Å². The van der Waals surface area contributed by atoms with Crippen LogP contribution in [0.2, 0.25) is 0 Å². The van der Waals surface area contributed by atoms with Gasteiger partial charge in [0.05, 0.1) is 6.54 Å². The molecule has 0 radical (unpaired) electrons. The lowest BCUT2D eigenvalue weighted by Gasteiger charge is -2.07. The highest BCUT2D eigenvalue weighted by Gasteiger charge is 2.08. The van der Waals surface area contributed by atoms with Gasteiger partial charge in [0.2, 0.25) is 5.91 Å². The van der Waals surface area contributed by atoms with Gasteiger partial charge in [0.1, 0.15) is 23.7 Å². The zero-order valence-corrected chi connectivity index (χ0v) is 13.9. The van der Waals surface area contributed by atoms with E-state index in [9.17, 15) is 9.18 Å². The number of amides is 1. The Hall–Kier alpha value is -2.89. The van der Waals surface area contributed by atoms with Gasteiger partial charge < -0.3 is 14.5 Å². The second kappa shape index (κ2) is 7.79. The number of halogens is 1. The van der Waals surface area contributed by atoms with Gasteiger partial charge in [0.25, 0.3) is 0 Å². The Morgan fingerprint density at radius 3 is 2.84 bits per heavy atom. The number of carbonyl (C=O) groups is 1. The van der Waals surface area contributed by atoms with Crippen LogP contribution in [0.1, 0.15) is 17.9 Å². The predicted octanol–water partition coefficient (Wildman–Crippen LogP) is 3.40. The highest BCUT2D eigenvalue weighted by Crippen LogP contribution is 2.17. The monoisotopic (exact) mass is 342 g/mol. The van der Waals surface area contributed by atoms with Gasteiger partial charge in [-0.2, -0.15) is 0 Å². The fourth-order valence-corrected chi connectivity index (χ4v) is 2.39. The number of hydrogen-bond donors (Lipinski definition) is 1. The van der Waals surface area contributed by atoms with Gasteiger partial charge in [-0.1, -0.05) is 6.07 Å². The van der Waals surface area contributed by atoms with Crippen molar-refractivity contribution in [3.05, 3.63) is 59.7 Å². The maximum Gasteiger partial charge on any atom is 0.220 e. The summed E-state index contributed by atoms with van der Waals surface area (Å²) in [5, 5.41) is 2.77. The molecule has 0 unspecified atom stereocenters. The third-order valence-corrected chi connectivity index (χ3v) is 3.66. The third kappa shape index (κ3) is 4.79. The van der Waals surface area contributed by atoms with Crippen molar-refractivity contribution in [2.24, 2.45) is 0 Å². The van der Waals surface area contributed by atoms with Crippen molar-refractivity contribution in [1.29, 1.82) is 0 Å². The summed E-state index contributed by atoms with van der Waals surface area (Å²) >= 11 is 0. The van der Waals surface area contributed by atoms with E-state index in [1.165, 1.54) is 12.1 Å². The number of rotatable bonds is 7. The quantitative estimate of drug-likeness (QED) is 0.669. The Kier molecular flexibility index (Phi) is 5.28. The Bertz CT molecular complexity index is 859. The Balaban J connectivity index is 1.39. The van der Waals surface area contributed by atoms with Crippen LogP contribution in [0, 0.1) is 12.7 Å². The van der Waals surface area contributed by atoms with Crippen LogP contribution in [0.4, 0.5) is 4.39 Å². The number of carbonyl (C=O) groups excluding carboxylic acids is 1. The molecule has 0 saturated heterocycles. The Morgan fingerprint density at radius 1 is 1.24 bits per heavy atom. The van der Waals surface area contributed by atoms with Crippen molar-refractivity contribution in [2.45, 2.75) is 19.8 Å². The van der Waals surface area contributed by atoms with E-state index in [-0.39, 0.29) is 11.7 Å². The van der Waals surface area contributed by atoms with E-state index in [1.807, 2.05) is 25.1 Å². The van der Waals surface area contributed by atoms with Crippen molar-refractivity contribution in [3.63, 3.8) is 0 Å². The van der Waals surface area contributed by atoms with E-state index < -0.39 is 0 Å².